The molecule has 1 aliphatic rings. The molecule has 120 valence electrons. The Balaban J connectivity index is 2.16. The van der Waals surface area contributed by atoms with Crippen LogP contribution in [0.4, 0.5) is 11.4 Å². The number of nitrogens with zero attached hydrogens (tertiary/aromatic N) is 1. The number of nitro benzene ring substituents is 1. The molecule has 1 aliphatic carbocycles. The van der Waals surface area contributed by atoms with Crippen LogP contribution in [-0.2, 0) is 14.8 Å². The standard InChI is InChI=1S/C12H16N4O5S/c1-13-22(20,21)9-4-5-10(11(6-9)16(18)19)14-7-12(17)15-8-2-3-8/h4-6,8,13-14H,2-3,7H2,1H3,(H,15,17). The van der Waals surface area contributed by atoms with Gasteiger partial charge >= 0.3 is 0 Å². The highest BCUT2D eigenvalue weighted by atomic mass is 32.2. The van der Waals surface area contributed by atoms with Crippen LogP contribution >= 0.6 is 0 Å². The second-order valence-corrected chi connectivity index (χ2v) is 6.73. The lowest BCUT2D eigenvalue weighted by molar-refractivity contribution is -0.384. The van der Waals surface area contributed by atoms with Crippen LogP contribution in [0, 0.1) is 10.1 Å². The number of hydrogen-bond acceptors (Lipinski definition) is 6. The monoisotopic (exact) mass is 328 g/mol. The molecule has 0 aromatic heterocycles. The molecule has 10 heteroatoms. The summed E-state index contributed by atoms with van der Waals surface area (Å²) in [5, 5.41) is 16.5. The minimum absolute atomic E-state index is 0.0889. The van der Waals surface area contributed by atoms with Crippen molar-refractivity contribution in [1.82, 2.24) is 10.0 Å². The van der Waals surface area contributed by atoms with Crippen LogP contribution in [0.5, 0.6) is 0 Å². The molecule has 3 N–H and O–H groups in total. The van der Waals surface area contributed by atoms with Crippen LogP contribution < -0.4 is 15.4 Å². The Morgan fingerprint density at radius 1 is 1.41 bits per heavy atom. The molecule has 0 radical (unpaired) electrons. The predicted octanol–water partition coefficient (Wildman–Crippen LogP) is 0.193. The second-order valence-electron chi connectivity index (χ2n) is 4.84. The van der Waals surface area contributed by atoms with E-state index in [9.17, 15) is 23.3 Å². The van der Waals surface area contributed by atoms with E-state index in [4.69, 9.17) is 0 Å². The summed E-state index contributed by atoms with van der Waals surface area (Å²) < 4.78 is 25.4. The van der Waals surface area contributed by atoms with Crippen LogP contribution in [-0.4, -0.2) is 38.9 Å². The van der Waals surface area contributed by atoms with E-state index in [2.05, 4.69) is 15.4 Å². The molecule has 1 saturated carbocycles. The average Bonchev–Trinajstić information content (AvgIpc) is 3.28. The highest BCUT2D eigenvalue weighted by molar-refractivity contribution is 7.89. The van der Waals surface area contributed by atoms with Crippen LogP contribution in [0.2, 0.25) is 0 Å². The van der Waals surface area contributed by atoms with Crippen LogP contribution in [0.1, 0.15) is 12.8 Å². The molecule has 0 bridgehead atoms. The third-order valence-corrected chi connectivity index (χ3v) is 4.54. The van der Waals surface area contributed by atoms with E-state index in [1.54, 1.807) is 0 Å². The maximum atomic E-state index is 11.7. The molecule has 1 amide bonds. The number of rotatable bonds is 7. The molecule has 0 heterocycles. The highest BCUT2D eigenvalue weighted by Gasteiger charge is 2.24. The SMILES string of the molecule is CNS(=O)(=O)c1ccc(NCC(=O)NC2CC2)c([N+](=O)[O-])c1. The lowest BCUT2D eigenvalue weighted by Gasteiger charge is -2.09. The van der Waals surface area contributed by atoms with Crippen molar-refractivity contribution in [3.8, 4) is 0 Å². The molecule has 2 rings (SSSR count). The molecule has 1 aromatic rings. The number of hydrogen-bond donors (Lipinski definition) is 3. The van der Waals surface area contributed by atoms with Gasteiger partial charge in [0.05, 0.1) is 16.4 Å². The number of benzene rings is 1. The minimum atomic E-state index is -3.77. The van der Waals surface area contributed by atoms with Gasteiger partial charge in [-0.3, -0.25) is 14.9 Å². The van der Waals surface area contributed by atoms with Gasteiger partial charge in [0.1, 0.15) is 5.69 Å². The van der Waals surface area contributed by atoms with E-state index < -0.39 is 20.6 Å². The number of amides is 1. The zero-order valence-corrected chi connectivity index (χ0v) is 12.6. The van der Waals surface area contributed by atoms with E-state index in [0.717, 1.165) is 18.9 Å². The summed E-state index contributed by atoms with van der Waals surface area (Å²) in [4.78, 5) is 21.7. The highest BCUT2D eigenvalue weighted by Crippen LogP contribution is 2.27. The molecule has 0 atom stereocenters. The predicted molar refractivity (Wildman–Crippen MR) is 79.0 cm³/mol. The van der Waals surface area contributed by atoms with E-state index >= 15 is 0 Å². The molecule has 22 heavy (non-hydrogen) atoms. The van der Waals surface area contributed by atoms with Crippen molar-refractivity contribution in [1.29, 1.82) is 0 Å². The topological polar surface area (TPSA) is 130 Å². The van der Waals surface area contributed by atoms with E-state index in [-0.39, 0.29) is 29.1 Å². The summed E-state index contributed by atoms with van der Waals surface area (Å²) >= 11 is 0. The maximum Gasteiger partial charge on any atom is 0.293 e. The first-order chi connectivity index (χ1) is 10.3. The first-order valence-electron chi connectivity index (χ1n) is 6.58. The van der Waals surface area contributed by atoms with Crippen molar-refractivity contribution in [2.75, 3.05) is 18.9 Å². The quantitative estimate of drug-likeness (QED) is 0.484. The van der Waals surface area contributed by atoms with Crippen molar-refractivity contribution in [2.24, 2.45) is 0 Å². The number of nitro groups is 1. The second kappa shape index (κ2) is 6.28. The number of sulfonamides is 1. The summed E-state index contributed by atoms with van der Waals surface area (Å²) in [5.74, 6) is -0.260. The molecule has 0 aliphatic heterocycles. The van der Waals surface area contributed by atoms with Gasteiger partial charge in [-0.2, -0.15) is 0 Å². The molecule has 1 fully saturated rings. The van der Waals surface area contributed by atoms with Gasteiger partial charge in [-0.1, -0.05) is 0 Å². The Labute approximate surface area is 127 Å². The fourth-order valence-corrected chi connectivity index (χ4v) is 2.53. The van der Waals surface area contributed by atoms with Crippen LogP contribution in [0.15, 0.2) is 23.1 Å². The van der Waals surface area contributed by atoms with Gasteiger partial charge in [0.25, 0.3) is 5.69 Å². The summed E-state index contributed by atoms with van der Waals surface area (Å²) in [5.41, 5.74) is -0.318. The molecule has 1 aromatic carbocycles. The summed E-state index contributed by atoms with van der Waals surface area (Å²) in [7, 11) is -2.55. The number of carbonyl (C=O) groups excluding carboxylic acids is 1. The van der Waals surface area contributed by atoms with Gasteiger partial charge in [-0.25, -0.2) is 13.1 Å². The molecule has 0 saturated heterocycles. The zero-order chi connectivity index (χ0) is 16.3. The van der Waals surface area contributed by atoms with Crippen LogP contribution in [0.3, 0.4) is 0 Å². The Bertz CT molecular complexity index is 699. The largest absolute Gasteiger partial charge is 0.371 e. The van der Waals surface area contributed by atoms with Crippen LogP contribution in [0.25, 0.3) is 0 Å². The third-order valence-electron chi connectivity index (χ3n) is 3.13. The Morgan fingerprint density at radius 2 is 2.09 bits per heavy atom. The average molecular weight is 328 g/mol. The van der Waals surface area contributed by atoms with Crippen molar-refractivity contribution in [2.45, 2.75) is 23.8 Å². The number of carbonyl (C=O) groups is 1. The Kier molecular flexibility index (Phi) is 4.62. The molecular weight excluding hydrogens is 312 g/mol. The first kappa shape index (κ1) is 16.2. The minimum Gasteiger partial charge on any atom is -0.371 e. The summed E-state index contributed by atoms with van der Waals surface area (Å²) in [6.45, 7) is -0.116. The number of anilines is 1. The molecule has 0 spiro atoms. The summed E-state index contributed by atoms with van der Waals surface area (Å²) in [6, 6.07) is 3.66. The van der Waals surface area contributed by atoms with Crippen molar-refractivity contribution in [3.63, 3.8) is 0 Å². The lowest BCUT2D eigenvalue weighted by Crippen LogP contribution is -2.31. The van der Waals surface area contributed by atoms with Gasteiger partial charge in [0.15, 0.2) is 0 Å². The molecular formula is C12H16N4O5S. The maximum absolute atomic E-state index is 11.7. The van der Waals surface area contributed by atoms with Gasteiger partial charge in [-0.15, -0.1) is 0 Å². The fraction of sp³-hybridized carbons (Fsp3) is 0.417. The number of nitrogens with one attached hydrogen (secondary N) is 3. The van der Waals surface area contributed by atoms with Gasteiger partial charge in [0.2, 0.25) is 15.9 Å². The summed E-state index contributed by atoms with van der Waals surface area (Å²) in [6.07, 6.45) is 1.89. The van der Waals surface area contributed by atoms with Gasteiger partial charge in [-0.05, 0) is 32.0 Å². The van der Waals surface area contributed by atoms with E-state index in [1.165, 1.54) is 19.2 Å². The van der Waals surface area contributed by atoms with Crippen molar-refractivity contribution >= 4 is 27.3 Å². The van der Waals surface area contributed by atoms with Gasteiger partial charge in [0, 0.05) is 12.1 Å². The third kappa shape index (κ3) is 3.92. The van der Waals surface area contributed by atoms with E-state index in [0.29, 0.717) is 0 Å². The Morgan fingerprint density at radius 3 is 2.64 bits per heavy atom. The lowest BCUT2D eigenvalue weighted by atomic mass is 10.2. The fourth-order valence-electron chi connectivity index (χ4n) is 1.78. The van der Waals surface area contributed by atoms with Gasteiger partial charge < -0.3 is 10.6 Å². The smallest absolute Gasteiger partial charge is 0.293 e. The van der Waals surface area contributed by atoms with Crippen molar-refractivity contribution < 1.29 is 18.1 Å². The normalized spacial score (nSPS) is 14.4. The zero-order valence-electron chi connectivity index (χ0n) is 11.8. The van der Waals surface area contributed by atoms with Crippen molar-refractivity contribution in [3.05, 3.63) is 28.3 Å². The first-order valence-corrected chi connectivity index (χ1v) is 8.07. The molecule has 9 nitrogen and oxygen atoms in total. The Hall–Kier alpha value is -2.20. The van der Waals surface area contributed by atoms with E-state index in [1.807, 2.05) is 0 Å². The molecule has 0 unspecified atom stereocenters.